The SMILES string of the molecule is CC(=O)N1c2ccccc2C[C@H]1C(=O)N1CCCC1c1ccsc1. The first-order valence-corrected chi connectivity index (χ1v) is 9.31. The van der Waals surface area contributed by atoms with E-state index in [-0.39, 0.29) is 17.9 Å². The molecule has 2 amide bonds. The van der Waals surface area contributed by atoms with Crippen LogP contribution in [0.25, 0.3) is 0 Å². The van der Waals surface area contributed by atoms with Crippen LogP contribution < -0.4 is 4.90 Å². The van der Waals surface area contributed by atoms with Crippen LogP contribution >= 0.6 is 11.3 Å². The van der Waals surface area contributed by atoms with Crippen molar-refractivity contribution >= 4 is 28.8 Å². The summed E-state index contributed by atoms with van der Waals surface area (Å²) >= 11 is 1.67. The molecule has 4 nitrogen and oxygen atoms in total. The lowest BCUT2D eigenvalue weighted by Gasteiger charge is -2.31. The van der Waals surface area contributed by atoms with E-state index in [0.717, 1.165) is 30.6 Å². The number of para-hydroxylation sites is 1. The Morgan fingerprint density at radius 1 is 1.21 bits per heavy atom. The summed E-state index contributed by atoms with van der Waals surface area (Å²) in [5, 5.41) is 4.19. The minimum absolute atomic E-state index is 0.0652. The fourth-order valence-corrected chi connectivity index (χ4v) is 4.71. The van der Waals surface area contributed by atoms with Crippen molar-refractivity contribution in [3.8, 4) is 0 Å². The zero-order valence-corrected chi connectivity index (χ0v) is 14.5. The van der Waals surface area contributed by atoms with Gasteiger partial charge in [-0.1, -0.05) is 18.2 Å². The maximum atomic E-state index is 13.3. The number of hydrogen-bond acceptors (Lipinski definition) is 3. The lowest BCUT2D eigenvalue weighted by atomic mass is 10.1. The van der Waals surface area contributed by atoms with Gasteiger partial charge in [-0.15, -0.1) is 0 Å². The number of amides is 2. The van der Waals surface area contributed by atoms with Gasteiger partial charge in [-0.25, -0.2) is 0 Å². The Bertz CT molecular complexity index is 771. The molecule has 2 aromatic rings. The second-order valence-corrected chi connectivity index (χ2v) is 7.26. The molecule has 5 heteroatoms. The van der Waals surface area contributed by atoms with Crippen molar-refractivity contribution in [1.82, 2.24) is 4.90 Å². The summed E-state index contributed by atoms with van der Waals surface area (Å²) in [4.78, 5) is 29.1. The van der Waals surface area contributed by atoms with Crippen molar-refractivity contribution in [2.75, 3.05) is 11.4 Å². The van der Waals surface area contributed by atoms with Crippen LogP contribution in [0.5, 0.6) is 0 Å². The summed E-state index contributed by atoms with van der Waals surface area (Å²) in [5.41, 5.74) is 3.18. The predicted molar refractivity (Wildman–Crippen MR) is 95.1 cm³/mol. The van der Waals surface area contributed by atoms with Crippen molar-refractivity contribution in [3.63, 3.8) is 0 Å². The highest BCUT2D eigenvalue weighted by Gasteiger charge is 2.41. The number of anilines is 1. The largest absolute Gasteiger partial charge is 0.334 e. The Kier molecular flexibility index (Phi) is 3.88. The molecule has 124 valence electrons. The van der Waals surface area contributed by atoms with Gasteiger partial charge in [0.2, 0.25) is 11.8 Å². The van der Waals surface area contributed by atoms with Crippen molar-refractivity contribution in [2.24, 2.45) is 0 Å². The molecule has 0 saturated carbocycles. The topological polar surface area (TPSA) is 40.6 Å². The summed E-state index contributed by atoms with van der Waals surface area (Å²) in [5.74, 6) is 0.0136. The van der Waals surface area contributed by atoms with Crippen LogP contribution in [0.2, 0.25) is 0 Å². The fourth-order valence-electron chi connectivity index (χ4n) is 4.01. The molecule has 2 atom stereocenters. The Balaban J connectivity index is 1.63. The number of carbonyl (C=O) groups is 2. The molecular weight excluding hydrogens is 320 g/mol. The van der Waals surface area contributed by atoms with Crippen molar-refractivity contribution < 1.29 is 9.59 Å². The molecule has 2 aliphatic rings. The molecule has 1 unspecified atom stereocenters. The van der Waals surface area contributed by atoms with Crippen molar-refractivity contribution in [1.29, 1.82) is 0 Å². The summed E-state index contributed by atoms with van der Waals surface area (Å²) in [7, 11) is 0. The van der Waals surface area contributed by atoms with E-state index < -0.39 is 6.04 Å². The first kappa shape index (κ1) is 15.4. The molecule has 4 rings (SSSR count). The molecule has 1 aromatic heterocycles. The molecule has 0 bridgehead atoms. The average molecular weight is 340 g/mol. The van der Waals surface area contributed by atoms with E-state index >= 15 is 0 Å². The zero-order valence-electron chi connectivity index (χ0n) is 13.6. The summed E-state index contributed by atoms with van der Waals surface area (Å²) < 4.78 is 0. The highest BCUT2D eigenvalue weighted by Crippen LogP contribution is 2.37. The van der Waals surface area contributed by atoms with Crippen LogP contribution in [-0.2, 0) is 16.0 Å². The number of fused-ring (bicyclic) bond motifs is 1. The lowest BCUT2D eigenvalue weighted by Crippen LogP contribution is -2.48. The maximum absolute atomic E-state index is 13.3. The molecule has 3 heterocycles. The minimum Gasteiger partial charge on any atom is -0.334 e. The second kappa shape index (κ2) is 6.06. The number of hydrogen-bond donors (Lipinski definition) is 0. The Labute approximate surface area is 145 Å². The van der Waals surface area contributed by atoms with Crippen LogP contribution in [0.3, 0.4) is 0 Å². The van der Waals surface area contributed by atoms with Crippen molar-refractivity contribution in [2.45, 2.75) is 38.3 Å². The lowest BCUT2D eigenvalue weighted by molar-refractivity contribution is -0.135. The molecule has 0 spiro atoms. The molecule has 24 heavy (non-hydrogen) atoms. The quantitative estimate of drug-likeness (QED) is 0.841. The molecule has 0 aliphatic carbocycles. The Morgan fingerprint density at radius 3 is 2.79 bits per heavy atom. The number of thiophene rings is 1. The van der Waals surface area contributed by atoms with E-state index in [0.29, 0.717) is 6.42 Å². The highest BCUT2D eigenvalue weighted by atomic mass is 32.1. The molecular formula is C19H20N2O2S. The highest BCUT2D eigenvalue weighted by molar-refractivity contribution is 7.08. The number of benzene rings is 1. The first-order chi connectivity index (χ1) is 11.7. The predicted octanol–water partition coefficient (Wildman–Crippen LogP) is 3.39. The van der Waals surface area contributed by atoms with Crippen LogP contribution in [0.15, 0.2) is 41.1 Å². The van der Waals surface area contributed by atoms with Gasteiger partial charge in [0, 0.05) is 25.6 Å². The third-order valence-electron chi connectivity index (χ3n) is 5.06. The number of rotatable bonds is 2. The van der Waals surface area contributed by atoms with E-state index in [1.54, 1.807) is 23.2 Å². The van der Waals surface area contributed by atoms with E-state index in [9.17, 15) is 9.59 Å². The standard InChI is InChI=1S/C19H20N2O2S/c1-13(22)21-17-6-3-2-5-14(17)11-18(21)19(23)20-9-4-7-16(20)15-8-10-24-12-15/h2-3,5-6,8,10,12,16,18H,4,7,9,11H2,1H3/t16?,18-/m0/s1. The van der Waals surface area contributed by atoms with E-state index in [1.165, 1.54) is 5.56 Å². The summed E-state index contributed by atoms with van der Waals surface area (Å²) in [6, 6.07) is 9.69. The van der Waals surface area contributed by atoms with Gasteiger partial charge in [0.15, 0.2) is 0 Å². The maximum Gasteiger partial charge on any atom is 0.246 e. The third-order valence-corrected chi connectivity index (χ3v) is 5.77. The van der Waals surface area contributed by atoms with Gasteiger partial charge in [-0.2, -0.15) is 11.3 Å². The molecule has 2 aliphatic heterocycles. The fraction of sp³-hybridized carbons (Fsp3) is 0.368. The Hall–Kier alpha value is -2.14. The van der Waals surface area contributed by atoms with Gasteiger partial charge >= 0.3 is 0 Å². The van der Waals surface area contributed by atoms with E-state index in [4.69, 9.17) is 0 Å². The van der Waals surface area contributed by atoms with E-state index in [2.05, 4.69) is 16.8 Å². The zero-order chi connectivity index (χ0) is 16.7. The molecule has 1 aromatic carbocycles. The number of nitrogens with zero attached hydrogens (tertiary/aromatic N) is 2. The summed E-state index contributed by atoms with van der Waals surface area (Å²) in [6.07, 6.45) is 2.63. The van der Waals surface area contributed by atoms with E-state index in [1.807, 2.05) is 29.2 Å². The number of carbonyl (C=O) groups excluding carboxylic acids is 2. The van der Waals surface area contributed by atoms with Gasteiger partial charge in [0.25, 0.3) is 0 Å². The third kappa shape index (κ3) is 2.44. The smallest absolute Gasteiger partial charge is 0.246 e. The van der Waals surface area contributed by atoms with Crippen LogP contribution in [0.4, 0.5) is 5.69 Å². The normalized spacial score (nSPS) is 22.7. The molecule has 0 radical (unpaired) electrons. The Morgan fingerprint density at radius 2 is 2.04 bits per heavy atom. The van der Waals surface area contributed by atoms with Gasteiger partial charge in [0.05, 0.1) is 6.04 Å². The van der Waals surface area contributed by atoms with Crippen LogP contribution in [-0.4, -0.2) is 29.3 Å². The first-order valence-electron chi connectivity index (χ1n) is 8.37. The molecule has 1 saturated heterocycles. The van der Waals surface area contributed by atoms with Gasteiger partial charge in [-0.05, 0) is 46.9 Å². The minimum atomic E-state index is -0.404. The average Bonchev–Trinajstić information content (AvgIpc) is 3.30. The number of likely N-dealkylation sites (tertiary alicyclic amines) is 1. The second-order valence-electron chi connectivity index (χ2n) is 6.48. The van der Waals surface area contributed by atoms with Crippen LogP contribution in [0.1, 0.15) is 36.9 Å². The van der Waals surface area contributed by atoms with Gasteiger partial charge < -0.3 is 4.90 Å². The van der Waals surface area contributed by atoms with Crippen LogP contribution in [0, 0.1) is 0 Å². The summed E-state index contributed by atoms with van der Waals surface area (Å²) in [6.45, 7) is 2.32. The monoisotopic (exact) mass is 340 g/mol. The molecule has 0 N–H and O–H groups in total. The van der Waals surface area contributed by atoms with Gasteiger partial charge in [-0.3, -0.25) is 14.5 Å². The van der Waals surface area contributed by atoms with Crippen molar-refractivity contribution in [3.05, 3.63) is 52.2 Å². The molecule has 1 fully saturated rings. The van der Waals surface area contributed by atoms with Gasteiger partial charge in [0.1, 0.15) is 6.04 Å².